The molecule has 24 nitrogen and oxygen atoms in total. The zero-order chi connectivity index (χ0) is 82.4. The van der Waals surface area contributed by atoms with Gasteiger partial charge in [0, 0.05) is 175 Å². The number of piperidine rings is 3. The van der Waals surface area contributed by atoms with Gasteiger partial charge in [0.1, 0.15) is 16.9 Å². The van der Waals surface area contributed by atoms with Crippen LogP contribution < -0.4 is 16.0 Å². The standard InChI is InChI=1S/C33H40N6O2.C32H38N6O2.C30H40N6O2/c1-21-17-26(18-22(2)35-21)32(41)38-15-13-25(14-16-38)30-20-39(27-9-11-28(40)12-10-27)31-29(30)19-34-33(37-31)36-23(3)24-7-5-4-6-8-24;1-21-16-25(17-22(2)35-21)31(40)37-14-12-24(13-15-37)29-20-38(26-8-10-27(39)11-9-26)30-28(29)19-34-32(36-30)33-18-23-6-4-3-5-7-23;1-19-15-23(16-20(2)33-19)29(38)35-13-10-22(11-14-35)27-18-36(24-5-7-25(37)8-6-24)28-26(27)17-32-30(34-28)31-12-9-21-3-4-21/h4-8,17-20,23,25,27-28,40H,9-16H2,1-3H3,(H,34,36,37);3-7,16-17,19-20,24,26-27,39H,8-15,18H2,1-2H3,(H,33,34,36);15-18,21-22,24-25,37H,3-14H2,1-2H3,(H,31,32,34)/t23-,27?,28?;;/m0../s1. The van der Waals surface area contributed by atoms with Crippen LogP contribution in [0.3, 0.4) is 0 Å². The van der Waals surface area contributed by atoms with Crippen LogP contribution in [0, 0.1) is 47.5 Å². The third-order valence-corrected chi connectivity index (χ3v) is 26.1. The lowest BCUT2D eigenvalue weighted by molar-refractivity contribution is 0.0705. The summed E-state index contributed by atoms with van der Waals surface area (Å²) in [7, 11) is 0. The summed E-state index contributed by atoms with van der Waals surface area (Å²) in [5, 5.41) is 44.0. The first-order chi connectivity index (χ1) is 57.7. The number of aliphatic hydroxyl groups excluding tert-OH is 3. The zero-order valence-electron chi connectivity index (χ0n) is 70.3. The number of anilines is 3. The number of likely N-dealkylation sites (tertiary alicyclic amines) is 3. The predicted octanol–water partition coefficient (Wildman–Crippen LogP) is 16.8. The van der Waals surface area contributed by atoms with Gasteiger partial charge in [-0.25, -0.2) is 15.0 Å². The lowest BCUT2D eigenvalue weighted by Gasteiger charge is -2.32. The summed E-state index contributed by atoms with van der Waals surface area (Å²) in [6, 6.07) is 33.0. The van der Waals surface area contributed by atoms with Crippen molar-refractivity contribution in [3.05, 3.63) is 213 Å². The van der Waals surface area contributed by atoms with Crippen molar-refractivity contribution in [1.82, 2.24) is 73.3 Å². The molecule has 11 aromatic rings. The summed E-state index contributed by atoms with van der Waals surface area (Å²) in [4.78, 5) is 88.2. The first-order valence-electron chi connectivity index (χ1n) is 44.0. The molecule has 1 atom stereocenters. The van der Waals surface area contributed by atoms with E-state index in [1.165, 1.54) is 47.1 Å². The SMILES string of the molecule is Cc1cc(C(=O)N2CCC(c3cn(C4CCC(O)CC4)c4nc(NCCC5CC5)ncc34)CC2)cc(C)n1.Cc1cc(C(=O)N2CCC(c3cn(C4CCC(O)CC4)c4nc(NCc5ccccc5)ncc34)CC2)cc(C)n1.Cc1cc(C(=O)N2CCC(c3cn(C4CCC(O)CC4)c4nc(N[C@@H](C)c5ccccc5)ncc34)CC2)cc(C)n1. The molecule has 119 heavy (non-hydrogen) atoms. The molecular formula is C95H118N18O6. The van der Waals surface area contributed by atoms with Crippen LogP contribution in [-0.2, 0) is 6.54 Å². The number of amides is 3. The lowest BCUT2D eigenvalue weighted by atomic mass is 9.89. The Morgan fingerprint density at radius 1 is 0.395 bits per heavy atom. The van der Waals surface area contributed by atoms with E-state index in [1.807, 2.05) is 148 Å². The Morgan fingerprint density at radius 2 is 0.714 bits per heavy atom. The highest BCUT2D eigenvalue weighted by Crippen LogP contribution is 2.44. The molecule has 7 fully saturated rings. The van der Waals surface area contributed by atoms with Crippen LogP contribution in [0.25, 0.3) is 33.1 Å². The average Bonchev–Trinajstić information content (AvgIpc) is 1.63. The van der Waals surface area contributed by atoms with Crippen LogP contribution in [0.15, 0.2) is 134 Å². The minimum atomic E-state index is -0.207. The summed E-state index contributed by atoms with van der Waals surface area (Å²) in [5.41, 5.74) is 16.6. The molecule has 12 heterocycles. The van der Waals surface area contributed by atoms with E-state index < -0.39 is 0 Å². The van der Waals surface area contributed by atoms with Gasteiger partial charge < -0.3 is 59.7 Å². The second-order valence-electron chi connectivity index (χ2n) is 35.0. The van der Waals surface area contributed by atoms with Gasteiger partial charge >= 0.3 is 0 Å². The van der Waals surface area contributed by atoms with E-state index in [2.05, 4.69) is 94.4 Å². The van der Waals surface area contributed by atoms with Gasteiger partial charge in [0.25, 0.3) is 17.7 Å². The van der Waals surface area contributed by atoms with Gasteiger partial charge in [-0.1, -0.05) is 73.5 Å². The molecule has 24 heteroatoms. The highest BCUT2D eigenvalue weighted by Gasteiger charge is 2.35. The maximum atomic E-state index is 13.3. The van der Waals surface area contributed by atoms with Crippen LogP contribution in [0.5, 0.6) is 0 Å². The minimum Gasteiger partial charge on any atom is -0.393 e. The fraction of sp³-hybridized carbons (Fsp3) is 0.495. The molecule has 7 aliphatic rings. The Balaban J connectivity index is 0.000000133. The number of aryl methyl sites for hydroxylation is 6. The quantitative estimate of drug-likeness (QED) is 0.0438. The molecule has 6 N–H and O–H groups in total. The predicted molar refractivity (Wildman–Crippen MR) is 466 cm³/mol. The van der Waals surface area contributed by atoms with E-state index in [4.69, 9.17) is 29.9 Å². The Bertz CT molecular complexity index is 5280. The highest BCUT2D eigenvalue weighted by atomic mass is 16.3. The number of carbonyl (C=O) groups excluding carboxylic acids is 3. The Kier molecular flexibility index (Phi) is 25.5. The summed E-state index contributed by atoms with van der Waals surface area (Å²) in [5.74, 6) is 4.17. The van der Waals surface area contributed by atoms with Crippen LogP contribution in [0.1, 0.15) is 277 Å². The van der Waals surface area contributed by atoms with E-state index in [0.717, 1.165) is 251 Å². The molecule has 2 aromatic carbocycles. The molecule has 4 aliphatic carbocycles. The first kappa shape index (κ1) is 82.2. The van der Waals surface area contributed by atoms with Gasteiger partial charge in [-0.15, -0.1) is 0 Å². The van der Waals surface area contributed by atoms with Crippen molar-refractivity contribution >= 4 is 68.7 Å². The van der Waals surface area contributed by atoms with E-state index >= 15 is 0 Å². The van der Waals surface area contributed by atoms with Gasteiger partial charge in [0.15, 0.2) is 0 Å². The fourth-order valence-corrected chi connectivity index (χ4v) is 19.4. The molecule has 9 aromatic heterocycles. The number of hydrogen-bond donors (Lipinski definition) is 6. The van der Waals surface area contributed by atoms with E-state index in [-0.39, 0.29) is 42.1 Å². The van der Waals surface area contributed by atoms with Gasteiger partial charge in [0.2, 0.25) is 17.8 Å². The third-order valence-electron chi connectivity index (χ3n) is 26.1. The molecular weight excluding hydrogens is 1490 g/mol. The summed E-state index contributed by atoms with van der Waals surface area (Å²) in [6.07, 6.45) is 32.3. The second-order valence-corrected chi connectivity index (χ2v) is 35.0. The maximum Gasteiger partial charge on any atom is 0.253 e. The number of benzene rings is 2. The smallest absolute Gasteiger partial charge is 0.253 e. The molecule has 0 unspecified atom stereocenters. The van der Waals surface area contributed by atoms with Crippen LogP contribution in [0.2, 0.25) is 0 Å². The molecule has 0 spiro atoms. The third kappa shape index (κ3) is 19.7. The number of rotatable bonds is 19. The topological polar surface area (TPSA) is 289 Å². The first-order valence-corrected chi connectivity index (χ1v) is 44.0. The minimum absolute atomic E-state index is 0.0798. The molecule has 18 rings (SSSR count). The van der Waals surface area contributed by atoms with Crippen molar-refractivity contribution in [2.24, 2.45) is 5.92 Å². The molecule has 0 bridgehead atoms. The van der Waals surface area contributed by atoms with Gasteiger partial charge in [-0.2, -0.15) is 15.0 Å². The van der Waals surface area contributed by atoms with Crippen LogP contribution in [0.4, 0.5) is 17.8 Å². The highest BCUT2D eigenvalue weighted by molar-refractivity contribution is 5.96. The van der Waals surface area contributed by atoms with Crippen molar-refractivity contribution in [1.29, 1.82) is 0 Å². The Labute approximate surface area is 698 Å². The normalized spacial score (nSPS) is 21.1. The summed E-state index contributed by atoms with van der Waals surface area (Å²) >= 11 is 0. The van der Waals surface area contributed by atoms with Gasteiger partial charge in [0.05, 0.1) is 24.4 Å². The number of nitrogens with zero attached hydrogens (tertiary/aromatic N) is 15. The van der Waals surface area contributed by atoms with Crippen LogP contribution in [-0.4, -0.2) is 170 Å². The number of aromatic nitrogens is 12. The van der Waals surface area contributed by atoms with Crippen molar-refractivity contribution < 1.29 is 29.7 Å². The molecule has 4 saturated carbocycles. The number of aliphatic hydroxyl groups is 3. The van der Waals surface area contributed by atoms with E-state index in [9.17, 15) is 29.7 Å². The number of hydrogen-bond acceptors (Lipinski definition) is 18. The lowest BCUT2D eigenvalue weighted by Crippen LogP contribution is -2.38. The Hall–Kier alpha value is -10.6. The molecule has 0 radical (unpaired) electrons. The monoisotopic (exact) mass is 1610 g/mol. The van der Waals surface area contributed by atoms with Crippen molar-refractivity contribution in [2.45, 2.75) is 250 Å². The number of nitrogens with one attached hydrogen (secondary N) is 3. The molecule has 624 valence electrons. The van der Waals surface area contributed by atoms with E-state index in [1.54, 1.807) is 0 Å². The number of fused-ring (bicyclic) bond motifs is 3. The largest absolute Gasteiger partial charge is 0.393 e. The number of pyridine rings is 3. The average molecular weight is 1610 g/mol. The Morgan fingerprint density at radius 3 is 1.06 bits per heavy atom. The van der Waals surface area contributed by atoms with Crippen molar-refractivity contribution in [3.8, 4) is 0 Å². The van der Waals surface area contributed by atoms with Crippen molar-refractivity contribution in [3.63, 3.8) is 0 Å². The molecule has 3 aliphatic heterocycles. The number of carbonyl (C=O) groups is 3. The summed E-state index contributed by atoms with van der Waals surface area (Å²) < 4.78 is 7.05. The molecule has 3 saturated heterocycles. The van der Waals surface area contributed by atoms with Gasteiger partial charge in [-0.05, 0) is 258 Å². The van der Waals surface area contributed by atoms with Crippen molar-refractivity contribution in [2.75, 3.05) is 61.8 Å². The van der Waals surface area contributed by atoms with Crippen LogP contribution >= 0.6 is 0 Å². The maximum absolute atomic E-state index is 13.3. The second kappa shape index (κ2) is 37.0. The van der Waals surface area contributed by atoms with Gasteiger partial charge in [-0.3, -0.25) is 29.3 Å². The van der Waals surface area contributed by atoms with E-state index in [0.29, 0.717) is 60.3 Å². The summed E-state index contributed by atoms with van der Waals surface area (Å²) in [6.45, 7) is 19.7. The zero-order valence-corrected chi connectivity index (χ0v) is 70.3. The fourth-order valence-electron chi connectivity index (χ4n) is 19.4. The molecule has 3 amide bonds.